The first-order chi connectivity index (χ1) is 7.13. The molecule has 0 aromatic rings. The van der Waals surface area contributed by atoms with Gasteiger partial charge in [0.2, 0.25) is 0 Å². The molecule has 0 amide bonds. The summed E-state index contributed by atoms with van der Waals surface area (Å²) in [6, 6.07) is 0. The molecular weight excluding hydrogens is 184 g/mol. The molecule has 0 aromatic carbocycles. The molecule has 92 valence electrons. The van der Waals surface area contributed by atoms with Crippen molar-refractivity contribution in [3.63, 3.8) is 0 Å². The summed E-state index contributed by atoms with van der Waals surface area (Å²) in [4.78, 5) is 0. The third-order valence-electron chi connectivity index (χ3n) is 3.16. The monoisotopic (exact) mass is 214 g/mol. The molecular formula is C13H30N2. The van der Waals surface area contributed by atoms with Gasteiger partial charge in [-0.25, -0.2) is 0 Å². The van der Waals surface area contributed by atoms with Gasteiger partial charge in [-0.3, -0.25) is 0 Å². The van der Waals surface area contributed by atoms with Gasteiger partial charge in [0.15, 0.2) is 0 Å². The highest BCUT2D eigenvalue weighted by molar-refractivity contribution is 4.67. The Morgan fingerprint density at radius 2 is 1.53 bits per heavy atom. The van der Waals surface area contributed by atoms with E-state index >= 15 is 0 Å². The lowest BCUT2D eigenvalue weighted by molar-refractivity contribution is 0.369. The average molecular weight is 214 g/mol. The Balaban J connectivity index is 3.61. The number of nitrogens with one attached hydrogen (secondary N) is 1. The van der Waals surface area contributed by atoms with Crippen LogP contribution < -0.4 is 11.1 Å². The first kappa shape index (κ1) is 14.9. The van der Waals surface area contributed by atoms with Gasteiger partial charge in [-0.2, -0.15) is 0 Å². The summed E-state index contributed by atoms with van der Waals surface area (Å²) in [6.07, 6.45) is 3.80. The van der Waals surface area contributed by atoms with Crippen molar-refractivity contribution in [2.45, 2.75) is 47.0 Å². The summed E-state index contributed by atoms with van der Waals surface area (Å²) >= 11 is 0. The van der Waals surface area contributed by atoms with Crippen LogP contribution in [0.25, 0.3) is 0 Å². The zero-order chi connectivity index (χ0) is 11.7. The molecule has 0 aliphatic heterocycles. The van der Waals surface area contributed by atoms with Crippen LogP contribution in [0.1, 0.15) is 47.0 Å². The van der Waals surface area contributed by atoms with Crippen molar-refractivity contribution in [3.05, 3.63) is 0 Å². The van der Waals surface area contributed by atoms with Crippen molar-refractivity contribution >= 4 is 0 Å². The Morgan fingerprint density at radius 3 is 1.93 bits per heavy atom. The van der Waals surface area contributed by atoms with E-state index in [9.17, 15) is 0 Å². The maximum absolute atomic E-state index is 5.76. The standard InChI is InChI=1S/C13H30N2/c1-5-12(6-2)9-15-10-13(8-14)7-11(3)4/h11-13,15H,5-10,14H2,1-4H3. The van der Waals surface area contributed by atoms with Crippen LogP contribution in [0.15, 0.2) is 0 Å². The summed E-state index contributed by atoms with van der Waals surface area (Å²) < 4.78 is 0. The van der Waals surface area contributed by atoms with E-state index in [-0.39, 0.29) is 0 Å². The van der Waals surface area contributed by atoms with Gasteiger partial charge >= 0.3 is 0 Å². The van der Waals surface area contributed by atoms with E-state index < -0.39 is 0 Å². The third kappa shape index (κ3) is 7.80. The Bertz CT molecular complexity index is 130. The summed E-state index contributed by atoms with van der Waals surface area (Å²) in [6.45, 7) is 12.1. The quantitative estimate of drug-likeness (QED) is 0.619. The minimum Gasteiger partial charge on any atom is -0.330 e. The molecule has 1 atom stereocenters. The Morgan fingerprint density at radius 1 is 1.00 bits per heavy atom. The van der Waals surface area contributed by atoms with E-state index in [1.807, 2.05) is 0 Å². The molecule has 0 aromatic heterocycles. The van der Waals surface area contributed by atoms with E-state index in [0.29, 0.717) is 5.92 Å². The minimum absolute atomic E-state index is 0.652. The van der Waals surface area contributed by atoms with E-state index in [2.05, 4.69) is 33.0 Å². The highest BCUT2D eigenvalue weighted by Gasteiger charge is 2.09. The Labute approximate surface area is 96.0 Å². The van der Waals surface area contributed by atoms with Crippen LogP contribution in [0.4, 0.5) is 0 Å². The van der Waals surface area contributed by atoms with Gasteiger partial charge in [0, 0.05) is 0 Å². The third-order valence-corrected chi connectivity index (χ3v) is 3.16. The number of hydrogen-bond donors (Lipinski definition) is 2. The largest absolute Gasteiger partial charge is 0.330 e. The predicted octanol–water partition coefficient (Wildman–Crippen LogP) is 2.63. The molecule has 0 saturated carbocycles. The van der Waals surface area contributed by atoms with Gasteiger partial charge in [0.1, 0.15) is 0 Å². The first-order valence-electron chi connectivity index (χ1n) is 6.54. The molecule has 0 heterocycles. The van der Waals surface area contributed by atoms with Crippen LogP contribution in [0.2, 0.25) is 0 Å². The molecule has 0 aliphatic carbocycles. The highest BCUT2D eigenvalue weighted by atomic mass is 14.9. The van der Waals surface area contributed by atoms with E-state index in [1.165, 1.54) is 19.3 Å². The maximum atomic E-state index is 5.76. The van der Waals surface area contributed by atoms with E-state index in [0.717, 1.165) is 31.5 Å². The van der Waals surface area contributed by atoms with Crippen molar-refractivity contribution in [1.82, 2.24) is 5.32 Å². The van der Waals surface area contributed by atoms with Gasteiger partial charge in [-0.15, -0.1) is 0 Å². The van der Waals surface area contributed by atoms with Crippen LogP contribution in [0, 0.1) is 17.8 Å². The van der Waals surface area contributed by atoms with Crippen molar-refractivity contribution in [1.29, 1.82) is 0 Å². The molecule has 0 aliphatic rings. The number of rotatable bonds is 9. The lowest BCUT2D eigenvalue weighted by atomic mass is 9.96. The zero-order valence-corrected chi connectivity index (χ0v) is 11.1. The lowest BCUT2D eigenvalue weighted by Crippen LogP contribution is -2.32. The van der Waals surface area contributed by atoms with Crippen molar-refractivity contribution in [3.8, 4) is 0 Å². The SMILES string of the molecule is CCC(CC)CNCC(CN)CC(C)C. The normalized spacial score (nSPS) is 13.8. The highest BCUT2D eigenvalue weighted by Crippen LogP contribution is 2.10. The smallest absolute Gasteiger partial charge is 0.000824 e. The van der Waals surface area contributed by atoms with Crippen molar-refractivity contribution in [2.75, 3.05) is 19.6 Å². The molecule has 0 spiro atoms. The Kier molecular flexibility index (Phi) is 9.12. The van der Waals surface area contributed by atoms with Crippen LogP contribution in [-0.2, 0) is 0 Å². The fourth-order valence-corrected chi connectivity index (χ4v) is 2.00. The van der Waals surface area contributed by atoms with Gasteiger partial charge in [-0.05, 0) is 43.8 Å². The summed E-state index contributed by atoms with van der Waals surface area (Å²) in [7, 11) is 0. The van der Waals surface area contributed by atoms with Crippen LogP contribution >= 0.6 is 0 Å². The molecule has 15 heavy (non-hydrogen) atoms. The molecule has 3 N–H and O–H groups in total. The second-order valence-electron chi connectivity index (χ2n) is 5.07. The van der Waals surface area contributed by atoms with Gasteiger partial charge in [0.05, 0.1) is 0 Å². The number of hydrogen-bond acceptors (Lipinski definition) is 2. The van der Waals surface area contributed by atoms with Crippen LogP contribution in [0.5, 0.6) is 0 Å². The van der Waals surface area contributed by atoms with Gasteiger partial charge in [0.25, 0.3) is 0 Å². The fraction of sp³-hybridized carbons (Fsp3) is 1.00. The predicted molar refractivity (Wildman–Crippen MR) is 68.9 cm³/mol. The molecule has 2 heteroatoms. The van der Waals surface area contributed by atoms with Gasteiger partial charge < -0.3 is 11.1 Å². The molecule has 0 fully saturated rings. The molecule has 2 nitrogen and oxygen atoms in total. The van der Waals surface area contributed by atoms with Crippen LogP contribution in [-0.4, -0.2) is 19.6 Å². The first-order valence-corrected chi connectivity index (χ1v) is 6.54. The summed E-state index contributed by atoms with van der Waals surface area (Å²) in [5.41, 5.74) is 5.76. The molecule has 1 unspecified atom stereocenters. The van der Waals surface area contributed by atoms with E-state index in [4.69, 9.17) is 5.73 Å². The van der Waals surface area contributed by atoms with E-state index in [1.54, 1.807) is 0 Å². The molecule has 0 bridgehead atoms. The molecule has 0 saturated heterocycles. The topological polar surface area (TPSA) is 38.0 Å². The minimum atomic E-state index is 0.652. The van der Waals surface area contributed by atoms with Crippen LogP contribution in [0.3, 0.4) is 0 Å². The van der Waals surface area contributed by atoms with Crippen molar-refractivity contribution < 1.29 is 0 Å². The molecule has 0 rings (SSSR count). The zero-order valence-electron chi connectivity index (χ0n) is 11.1. The Hall–Kier alpha value is -0.0800. The molecule has 0 radical (unpaired) electrons. The number of nitrogens with two attached hydrogens (primary N) is 1. The average Bonchev–Trinajstić information content (AvgIpc) is 2.22. The maximum Gasteiger partial charge on any atom is -0.000824 e. The lowest BCUT2D eigenvalue weighted by Gasteiger charge is -2.19. The second kappa shape index (κ2) is 9.17. The fourth-order valence-electron chi connectivity index (χ4n) is 2.00. The summed E-state index contributed by atoms with van der Waals surface area (Å²) in [5, 5.41) is 3.56. The second-order valence-corrected chi connectivity index (χ2v) is 5.07. The summed E-state index contributed by atoms with van der Waals surface area (Å²) in [5.74, 6) is 2.25. The van der Waals surface area contributed by atoms with Crippen molar-refractivity contribution in [2.24, 2.45) is 23.5 Å². The van der Waals surface area contributed by atoms with Gasteiger partial charge in [-0.1, -0.05) is 40.5 Å².